The molecule has 206 valence electrons. The zero-order valence-electron chi connectivity index (χ0n) is 22.7. The molecule has 2 N–H and O–H groups in total. The van der Waals surface area contributed by atoms with E-state index in [4.69, 9.17) is 0 Å². The fourth-order valence-corrected chi connectivity index (χ4v) is 5.93. The third kappa shape index (κ3) is 4.51. The molecule has 42 heavy (non-hydrogen) atoms. The molecular weight excluding hydrogens is 527 g/mol. The van der Waals surface area contributed by atoms with Crippen LogP contribution in [0.15, 0.2) is 115 Å². The molecule has 0 bridgehead atoms. The van der Waals surface area contributed by atoms with Crippen LogP contribution in [0.3, 0.4) is 0 Å². The number of hydrogen-bond acceptors (Lipinski definition) is 2. The summed E-state index contributed by atoms with van der Waals surface area (Å²) in [7, 11) is 0. The summed E-state index contributed by atoms with van der Waals surface area (Å²) in [5.74, 6) is -1.55. The lowest BCUT2D eigenvalue weighted by Gasteiger charge is -2.22. The second-order valence-electron chi connectivity index (χ2n) is 10.9. The fourth-order valence-electron chi connectivity index (χ4n) is 5.93. The predicted octanol–water partition coefficient (Wildman–Crippen LogP) is 7.77. The Labute approximate surface area is 241 Å². The summed E-state index contributed by atoms with van der Waals surface area (Å²) in [5.41, 5.74) is 4.99. The SMILES string of the molecule is O=C(O)c1ccc(CNC(=O)c2cc(-c3ccc(F)cc3)cc3ccn(C4(c5ccc6ccccc6c5)CC4)c23)cc1. The van der Waals surface area contributed by atoms with Crippen molar-refractivity contribution < 1.29 is 19.1 Å². The summed E-state index contributed by atoms with van der Waals surface area (Å²) in [6.07, 6.45) is 4.00. The van der Waals surface area contributed by atoms with Gasteiger partial charge in [0.2, 0.25) is 0 Å². The Balaban J connectivity index is 1.31. The maximum absolute atomic E-state index is 13.9. The highest BCUT2D eigenvalue weighted by Gasteiger charge is 2.47. The Morgan fingerprint density at radius 1 is 0.786 bits per heavy atom. The topological polar surface area (TPSA) is 71.3 Å². The molecule has 7 rings (SSSR count). The Morgan fingerprint density at radius 2 is 1.52 bits per heavy atom. The van der Waals surface area contributed by atoms with E-state index in [1.54, 1.807) is 24.3 Å². The first kappa shape index (κ1) is 25.7. The standard InChI is InChI=1S/C36H27FN2O3/c37-31-13-10-25(11-14-31)29-19-28-15-18-39(36(16-17-36)30-12-9-24-3-1-2-4-27(24)20-30)33(28)32(21-29)34(40)38-22-23-5-7-26(8-6-23)35(41)42/h1-15,18-21H,16-17,22H2,(H,38,40)(H,41,42). The van der Waals surface area contributed by atoms with Gasteiger partial charge in [-0.3, -0.25) is 4.79 Å². The molecule has 0 radical (unpaired) electrons. The average molecular weight is 555 g/mol. The van der Waals surface area contributed by atoms with Crippen molar-refractivity contribution in [1.29, 1.82) is 0 Å². The van der Waals surface area contributed by atoms with E-state index in [2.05, 4.69) is 52.5 Å². The van der Waals surface area contributed by atoms with Crippen LogP contribution in [0.1, 0.15) is 44.7 Å². The van der Waals surface area contributed by atoms with Gasteiger partial charge < -0.3 is 15.0 Å². The molecule has 1 amide bonds. The van der Waals surface area contributed by atoms with Crippen molar-refractivity contribution >= 4 is 33.6 Å². The smallest absolute Gasteiger partial charge is 0.335 e. The first-order chi connectivity index (χ1) is 20.4. The minimum Gasteiger partial charge on any atom is -0.478 e. The summed E-state index contributed by atoms with van der Waals surface area (Å²) < 4.78 is 15.9. The molecule has 1 saturated carbocycles. The molecule has 1 aliphatic carbocycles. The van der Waals surface area contributed by atoms with Gasteiger partial charge in [-0.05, 0) is 94.4 Å². The fraction of sp³-hybridized carbons (Fsp3) is 0.111. The summed E-state index contributed by atoms with van der Waals surface area (Å²) in [6.45, 7) is 0.248. The van der Waals surface area contributed by atoms with Crippen LogP contribution in [-0.2, 0) is 12.1 Å². The predicted molar refractivity (Wildman–Crippen MR) is 162 cm³/mol. The summed E-state index contributed by atoms with van der Waals surface area (Å²) in [6, 6.07) is 33.6. The Kier molecular flexibility index (Phi) is 6.12. The second-order valence-corrected chi connectivity index (χ2v) is 10.9. The van der Waals surface area contributed by atoms with Gasteiger partial charge in [0.15, 0.2) is 0 Å². The molecule has 1 heterocycles. The molecule has 0 spiro atoms. The van der Waals surface area contributed by atoms with E-state index < -0.39 is 5.97 Å². The lowest BCUT2D eigenvalue weighted by molar-refractivity contribution is 0.0696. The van der Waals surface area contributed by atoms with E-state index in [1.165, 1.54) is 40.6 Å². The van der Waals surface area contributed by atoms with Crippen molar-refractivity contribution in [3.63, 3.8) is 0 Å². The highest BCUT2D eigenvalue weighted by Crippen LogP contribution is 2.52. The molecule has 6 heteroatoms. The van der Waals surface area contributed by atoms with Crippen LogP contribution in [0.25, 0.3) is 32.8 Å². The largest absolute Gasteiger partial charge is 0.478 e. The van der Waals surface area contributed by atoms with E-state index in [0.717, 1.165) is 40.4 Å². The minimum atomic E-state index is -0.994. The second kappa shape index (κ2) is 10.00. The number of nitrogens with zero attached hydrogens (tertiary/aromatic N) is 1. The van der Waals surface area contributed by atoms with Crippen LogP contribution >= 0.6 is 0 Å². The van der Waals surface area contributed by atoms with Gasteiger partial charge >= 0.3 is 5.97 Å². The van der Waals surface area contributed by atoms with Gasteiger partial charge in [-0.2, -0.15) is 0 Å². The molecule has 0 saturated heterocycles. The van der Waals surface area contributed by atoms with E-state index in [9.17, 15) is 19.1 Å². The molecule has 1 aliphatic rings. The molecule has 1 fully saturated rings. The van der Waals surface area contributed by atoms with Crippen LogP contribution in [-0.4, -0.2) is 21.6 Å². The number of rotatable bonds is 7. The first-order valence-electron chi connectivity index (χ1n) is 13.9. The van der Waals surface area contributed by atoms with Crippen molar-refractivity contribution in [2.75, 3.05) is 0 Å². The zero-order valence-corrected chi connectivity index (χ0v) is 22.7. The van der Waals surface area contributed by atoms with E-state index in [-0.39, 0.29) is 29.4 Å². The lowest BCUT2D eigenvalue weighted by Crippen LogP contribution is -2.25. The normalized spacial score (nSPS) is 13.7. The molecule has 6 aromatic rings. The van der Waals surface area contributed by atoms with Crippen LogP contribution in [0.2, 0.25) is 0 Å². The van der Waals surface area contributed by atoms with E-state index in [1.807, 2.05) is 24.3 Å². The molecular formula is C36H27FN2O3. The van der Waals surface area contributed by atoms with Crippen LogP contribution in [0.5, 0.6) is 0 Å². The number of carboxylic acids is 1. The zero-order chi connectivity index (χ0) is 28.8. The van der Waals surface area contributed by atoms with Crippen LogP contribution < -0.4 is 5.32 Å². The Morgan fingerprint density at radius 3 is 2.24 bits per heavy atom. The number of carbonyl (C=O) groups excluding carboxylic acids is 1. The summed E-state index contributed by atoms with van der Waals surface area (Å²) >= 11 is 0. The average Bonchev–Trinajstić information content (AvgIpc) is 3.71. The number of carboxylic acid groups (broad SMARTS) is 1. The van der Waals surface area contributed by atoms with Crippen molar-refractivity contribution in [2.45, 2.75) is 24.9 Å². The summed E-state index contributed by atoms with van der Waals surface area (Å²) in [5, 5.41) is 15.5. The van der Waals surface area contributed by atoms with E-state index >= 15 is 0 Å². The number of amides is 1. The number of benzene rings is 5. The van der Waals surface area contributed by atoms with Crippen molar-refractivity contribution in [3.8, 4) is 11.1 Å². The number of aromatic carboxylic acids is 1. The Bertz CT molecular complexity index is 1990. The molecule has 0 atom stereocenters. The molecule has 0 aliphatic heterocycles. The van der Waals surface area contributed by atoms with Gasteiger partial charge in [-0.25, -0.2) is 9.18 Å². The minimum absolute atomic E-state index is 0.194. The molecule has 0 unspecified atom stereocenters. The van der Waals surface area contributed by atoms with Gasteiger partial charge in [0, 0.05) is 18.1 Å². The third-order valence-electron chi connectivity index (χ3n) is 8.33. The number of carbonyl (C=O) groups is 2. The molecule has 5 aromatic carbocycles. The maximum atomic E-state index is 13.9. The van der Waals surface area contributed by atoms with Gasteiger partial charge in [0.1, 0.15) is 5.82 Å². The number of aromatic nitrogens is 1. The van der Waals surface area contributed by atoms with Crippen LogP contribution in [0, 0.1) is 5.82 Å². The van der Waals surface area contributed by atoms with Gasteiger partial charge in [-0.1, -0.05) is 60.7 Å². The number of hydrogen-bond donors (Lipinski definition) is 2. The first-order valence-corrected chi connectivity index (χ1v) is 13.9. The van der Waals surface area contributed by atoms with Gasteiger partial charge in [-0.15, -0.1) is 0 Å². The number of nitrogens with one attached hydrogen (secondary N) is 1. The van der Waals surface area contributed by atoms with Gasteiger partial charge in [0.05, 0.1) is 22.2 Å². The monoisotopic (exact) mass is 554 g/mol. The van der Waals surface area contributed by atoms with Crippen LogP contribution in [0.4, 0.5) is 4.39 Å². The highest BCUT2D eigenvalue weighted by molar-refractivity contribution is 6.08. The van der Waals surface area contributed by atoms with Gasteiger partial charge in [0.25, 0.3) is 5.91 Å². The molecule has 5 nitrogen and oxygen atoms in total. The summed E-state index contributed by atoms with van der Waals surface area (Å²) in [4.78, 5) is 25.1. The maximum Gasteiger partial charge on any atom is 0.335 e. The number of halogens is 1. The van der Waals surface area contributed by atoms with Crippen molar-refractivity contribution in [2.24, 2.45) is 0 Å². The Hall–Kier alpha value is -5.23. The van der Waals surface area contributed by atoms with Crippen molar-refractivity contribution in [3.05, 3.63) is 143 Å². The van der Waals surface area contributed by atoms with Crippen molar-refractivity contribution in [1.82, 2.24) is 9.88 Å². The van der Waals surface area contributed by atoms with E-state index in [0.29, 0.717) is 5.56 Å². The number of fused-ring (bicyclic) bond motifs is 2. The lowest BCUT2D eigenvalue weighted by atomic mass is 9.97. The third-order valence-corrected chi connectivity index (χ3v) is 8.33. The quantitative estimate of drug-likeness (QED) is 0.212. The molecule has 1 aromatic heterocycles. The highest BCUT2D eigenvalue weighted by atomic mass is 19.1.